The monoisotopic (exact) mass is 716 g/mol. The highest BCUT2D eigenvalue weighted by Gasteiger charge is 2.19. The zero-order valence-electron chi connectivity index (χ0n) is 30.2. The van der Waals surface area contributed by atoms with Crippen LogP contribution in [0.1, 0.15) is 0 Å². The Morgan fingerprint density at radius 3 is 1.68 bits per heavy atom. The maximum absolute atomic E-state index is 6.48. The Labute approximate surface area is 322 Å². The van der Waals surface area contributed by atoms with Crippen LogP contribution in [0, 0.1) is 0 Å². The molecule has 5 heteroatoms. The lowest BCUT2D eigenvalue weighted by atomic mass is 9.98. The Morgan fingerprint density at radius 1 is 0.339 bits per heavy atom. The van der Waals surface area contributed by atoms with Gasteiger partial charge in [-0.25, -0.2) is 15.0 Å². The molecule has 0 aliphatic carbocycles. The van der Waals surface area contributed by atoms with Gasteiger partial charge in [-0.15, -0.1) is 0 Å². The van der Waals surface area contributed by atoms with Crippen LogP contribution in [0.4, 0.5) is 0 Å². The molecule has 0 saturated heterocycles. The number of para-hydroxylation sites is 3. The summed E-state index contributed by atoms with van der Waals surface area (Å²) in [4.78, 5) is 15.1. The van der Waals surface area contributed by atoms with Crippen molar-refractivity contribution in [1.29, 1.82) is 0 Å². The molecule has 0 aliphatic heterocycles. The molecule has 0 N–H and O–H groups in total. The first-order chi connectivity index (χ1) is 27.8. The summed E-state index contributed by atoms with van der Waals surface area (Å²) in [5.41, 5.74) is 12.2. The molecule has 0 radical (unpaired) electrons. The minimum atomic E-state index is 0.625. The van der Waals surface area contributed by atoms with Crippen LogP contribution >= 0.6 is 0 Å². The van der Waals surface area contributed by atoms with Gasteiger partial charge in [0.05, 0.1) is 11.0 Å². The number of hydrogen-bond donors (Lipinski definition) is 0. The third-order valence-corrected chi connectivity index (χ3v) is 10.7. The van der Waals surface area contributed by atoms with Gasteiger partial charge < -0.3 is 8.98 Å². The van der Waals surface area contributed by atoms with E-state index in [1.54, 1.807) is 0 Å². The van der Waals surface area contributed by atoms with E-state index in [0.29, 0.717) is 17.5 Å². The van der Waals surface area contributed by atoms with Crippen LogP contribution < -0.4 is 0 Å². The molecule has 0 bridgehead atoms. The second-order valence-electron chi connectivity index (χ2n) is 14.0. The normalized spacial score (nSPS) is 11.6. The second kappa shape index (κ2) is 13.0. The van der Waals surface area contributed by atoms with Crippen molar-refractivity contribution in [2.75, 3.05) is 0 Å². The summed E-state index contributed by atoms with van der Waals surface area (Å²) < 4.78 is 8.86. The third-order valence-electron chi connectivity index (χ3n) is 10.7. The molecule has 5 nitrogen and oxygen atoms in total. The van der Waals surface area contributed by atoms with E-state index in [4.69, 9.17) is 19.4 Å². The second-order valence-corrected chi connectivity index (χ2v) is 14.0. The van der Waals surface area contributed by atoms with Gasteiger partial charge >= 0.3 is 0 Å². The maximum atomic E-state index is 6.48. The molecule has 0 aliphatic rings. The van der Waals surface area contributed by atoms with Crippen LogP contribution in [0.2, 0.25) is 0 Å². The van der Waals surface area contributed by atoms with E-state index in [-0.39, 0.29) is 0 Å². The van der Waals surface area contributed by atoms with E-state index in [0.717, 1.165) is 77.6 Å². The van der Waals surface area contributed by atoms with Gasteiger partial charge in [-0.05, 0) is 47.0 Å². The minimum absolute atomic E-state index is 0.625. The molecule has 0 atom stereocenters. The molecule has 11 rings (SSSR count). The van der Waals surface area contributed by atoms with Crippen molar-refractivity contribution in [2.45, 2.75) is 0 Å². The number of fused-ring (bicyclic) bond motifs is 6. The number of benzene rings is 8. The number of furan rings is 1. The fourth-order valence-electron chi connectivity index (χ4n) is 8.06. The largest absolute Gasteiger partial charge is 0.455 e. The quantitative estimate of drug-likeness (QED) is 0.172. The molecule has 3 aromatic heterocycles. The molecule has 8 aromatic carbocycles. The molecular weight excluding hydrogens is 685 g/mol. The van der Waals surface area contributed by atoms with Crippen molar-refractivity contribution >= 4 is 43.7 Å². The Morgan fingerprint density at radius 2 is 0.893 bits per heavy atom. The molecule has 0 fully saturated rings. The average molecular weight is 717 g/mol. The molecule has 0 amide bonds. The smallest absolute Gasteiger partial charge is 0.164 e. The summed E-state index contributed by atoms with van der Waals surface area (Å²) in [6.45, 7) is 0. The Balaban J connectivity index is 1.08. The summed E-state index contributed by atoms with van der Waals surface area (Å²) in [5.74, 6) is 1.90. The lowest BCUT2D eigenvalue weighted by Gasteiger charge is -2.14. The van der Waals surface area contributed by atoms with Crippen LogP contribution in [-0.2, 0) is 0 Å². The first kappa shape index (κ1) is 31.9. The predicted octanol–water partition coefficient (Wildman–Crippen LogP) is 13.2. The summed E-state index contributed by atoms with van der Waals surface area (Å²) in [7, 11) is 0. The van der Waals surface area contributed by atoms with E-state index in [1.807, 2.05) is 78.9 Å². The number of hydrogen-bond acceptors (Lipinski definition) is 4. The summed E-state index contributed by atoms with van der Waals surface area (Å²) >= 11 is 0. The van der Waals surface area contributed by atoms with Crippen molar-refractivity contribution in [3.63, 3.8) is 0 Å². The highest BCUT2D eigenvalue weighted by molar-refractivity contribution is 6.13. The fourth-order valence-corrected chi connectivity index (χ4v) is 8.06. The lowest BCUT2D eigenvalue weighted by Crippen LogP contribution is -2.01. The topological polar surface area (TPSA) is 56.7 Å². The van der Waals surface area contributed by atoms with Gasteiger partial charge in [0.15, 0.2) is 17.5 Å². The first-order valence-corrected chi connectivity index (χ1v) is 18.8. The Bertz CT molecular complexity index is 3200. The summed E-state index contributed by atoms with van der Waals surface area (Å²) in [6, 6.07) is 67.5. The Kier molecular flexibility index (Phi) is 7.42. The molecule has 0 unspecified atom stereocenters. The molecule has 11 aromatic rings. The SMILES string of the molecule is c1ccc(-c2nc(-c3ccccc3)nc(-c3ccccc3-c3cccc(-n4c5ccccc5c5ccc(-c6cccc7c6oc6ccccc67)cc54)c3)n2)cc1. The van der Waals surface area contributed by atoms with Gasteiger partial charge in [0.1, 0.15) is 11.2 Å². The predicted molar refractivity (Wildman–Crippen MR) is 229 cm³/mol. The molecule has 56 heavy (non-hydrogen) atoms. The molecule has 0 saturated carbocycles. The number of aromatic nitrogens is 4. The molecule has 0 spiro atoms. The highest BCUT2D eigenvalue weighted by atomic mass is 16.3. The maximum Gasteiger partial charge on any atom is 0.164 e. The zero-order valence-corrected chi connectivity index (χ0v) is 30.2. The van der Waals surface area contributed by atoms with E-state index < -0.39 is 0 Å². The van der Waals surface area contributed by atoms with Crippen molar-refractivity contribution < 1.29 is 4.42 Å². The van der Waals surface area contributed by atoms with Gasteiger partial charge in [-0.3, -0.25) is 0 Å². The van der Waals surface area contributed by atoms with Crippen molar-refractivity contribution in [3.05, 3.63) is 194 Å². The Hall–Kier alpha value is -7.63. The van der Waals surface area contributed by atoms with Gasteiger partial charge in [0.25, 0.3) is 0 Å². The number of rotatable bonds is 6. The summed E-state index contributed by atoms with van der Waals surface area (Å²) in [6.07, 6.45) is 0. The van der Waals surface area contributed by atoms with Crippen molar-refractivity contribution in [3.8, 4) is 62.1 Å². The minimum Gasteiger partial charge on any atom is -0.455 e. The highest BCUT2D eigenvalue weighted by Crippen LogP contribution is 2.40. The lowest BCUT2D eigenvalue weighted by molar-refractivity contribution is 0.670. The molecule has 3 heterocycles. The van der Waals surface area contributed by atoms with Gasteiger partial charge in [-0.2, -0.15) is 0 Å². The van der Waals surface area contributed by atoms with E-state index in [2.05, 4.69) is 120 Å². The zero-order chi connectivity index (χ0) is 37.0. The van der Waals surface area contributed by atoms with Crippen molar-refractivity contribution in [2.24, 2.45) is 0 Å². The number of nitrogens with zero attached hydrogens (tertiary/aromatic N) is 4. The molecule has 262 valence electrons. The average Bonchev–Trinajstić information content (AvgIpc) is 3.82. The van der Waals surface area contributed by atoms with Gasteiger partial charge in [0, 0.05) is 49.5 Å². The van der Waals surface area contributed by atoms with E-state index >= 15 is 0 Å². The van der Waals surface area contributed by atoms with Crippen LogP contribution in [-0.4, -0.2) is 19.5 Å². The fraction of sp³-hybridized carbons (Fsp3) is 0. The van der Waals surface area contributed by atoms with Crippen molar-refractivity contribution in [1.82, 2.24) is 19.5 Å². The van der Waals surface area contributed by atoms with Crippen LogP contribution in [0.3, 0.4) is 0 Å². The van der Waals surface area contributed by atoms with E-state index in [9.17, 15) is 0 Å². The standard InChI is InChI=1S/C51H32N4O/c1-3-15-33(16-4-1)49-52-50(34-17-5-2-6-18-34)54-51(53-49)44-24-8-7-21-38(44)35-19-13-20-37(31-35)55-45-27-11-9-22-40(45)41-30-29-36(32-46(41)55)39-25-14-26-43-42-23-10-12-28-47(42)56-48(39)43/h1-32H. The molecular formula is C51H32N4O. The summed E-state index contributed by atoms with van der Waals surface area (Å²) in [5, 5.41) is 4.64. The third kappa shape index (κ3) is 5.29. The van der Waals surface area contributed by atoms with Crippen LogP contribution in [0.5, 0.6) is 0 Å². The van der Waals surface area contributed by atoms with Crippen LogP contribution in [0.25, 0.3) is 106 Å². The van der Waals surface area contributed by atoms with Gasteiger partial charge in [0.2, 0.25) is 0 Å². The first-order valence-electron chi connectivity index (χ1n) is 18.8. The van der Waals surface area contributed by atoms with Gasteiger partial charge in [-0.1, -0.05) is 164 Å². The van der Waals surface area contributed by atoms with E-state index in [1.165, 1.54) is 10.8 Å². The van der Waals surface area contributed by atoms with Crippen LogP contribution in [0.15, 0.2) is 199 Å².